The smallest absolute Gasteiger partial charge is 0.182 e. The third-order valence-corrected chi connectivity index (χ3v) is 2.18. The Kier molecular flexibility index (Phi) is 1.84. The molecule has 0 bridgehead atoms. The number of aromatic hydroxyl groups is 1. The third-order valence-electron chi connectivity index (χ3n) is 2.18. The molecular formula is C10H13N3O. The van der Waals surface area contributed by atoms with Crippen LogP contribution in [0.2, 0.25) is 0 Å². The average molecular weight is 191 g/mol. The summed E-state index contributed by atoms with van der Waals surface area (Å²) in [6, 6.07) is 1.86. The van der Waals surface area contributed by atoms with Gasteiger partial charge in [-0.3, -0.25) is 0 Å². The molecule has 74 valence electrons. The van der Waals surface area contributed by atoms with E-state index in [-0.39, 0.29) is 5.75 Å². The SMILES string of the molecule is Cc1cn2ccc(N(C)C)c(O)c2n1. The summed E-state index contributed by atoms with van der Waals surface area (Å²) >= 11 is 0. The molecule has 0 amide bonds. The Hall–Kier alpha value is -1.71. The molecule has 2 aromatic rings. The number of fused-ring (bicyclic) bond motifs is 1. The van der Waals surface area contributed by atoms with Gasteiger partial charge in [0.1, 0.15) is 0 Å². The maximum absolute atomic E-state index is 9.91. The van der Waals surface area contributed by atoms with E-state index in [2.05, 4.69) is 4.98 Å². The van der Waals surface area contributed by atoms with Gasteiger partial charge in [-0.25, -0.2) is 4.98 Å². The van der Waals surface area contributed by atoms with Crippen molar-refractivity contribution in [1.29, 1.82) is 0 Å². The van der Waals surface area contributed by atoms with E-state index in [1.54, 1.807) is 0 Å². The Morgan fingerprint density at radius 3 is 2.79 bits per heavy atom. The second-order valence-electron chi connectivity index (χ2n) is 3.56. The molecular weight excluding hydrogens is 178 g/mol. The van der Waals surface area contributed by atoms with Crippen molar-refractivity contribution in [3.05, 3.63) is 24.2 Å². The van der Waals surface area contributed by atoms with Gasteiger partial charge < -0.3 is 14.4 Å². The molecule has 0 aliphatic rings. The van der Waals surface area contributed by atoms with Gasteiger partial charge in [0.05, 0.1) is 11.4 Å². The minimum atomic E-state index is 0.227. The number of nitrogens with zero attached hydrogens (tertiary/aromatic N) is 3. The van der Waals surface area contributed by atoms with Crippen molar-refractivity contribution in [2.45, 2.75) is 6.92 Å². The largest absolute Gasteiger partial charge is 0.503 e. The molecule has 0 radical (unpaired) electrons. The molecule has 0 atom stereocenters. The van der Waals surface area contributed by atoms with Crippen LogP contribution in [0.3, 0.4) is 0 Å². The second kappa shape index (κ2) is 2.90. The molecule has 0 saturated carbocycles. The summed E-state index contributed by atoms with van der Waals surface area (Å²) in [5.41, 5.74) is 2.29. The molecule has 2 aromatic heterocycles. The lowest BCUT2D eigenvalue weighted by Gasteiger charge is -2.14. The molecule has 0 unspecified atom stereocenters. The van der Waals surface area contributed by atoms with Gasteiger partial charge in [-0.1, -0.05) is 0 Å². The van der Waals surface area contributed by atoms with Crippen LogP contribution in [0.4, 0.5) is 5.69 Å². The first kappa shape index (κ1) is 8.87. The predicted molar refractivity (Wildman–Crippen MR) is 55.9 cm³/mol. The molecule has 1 N–H and O–H groups in total. The van der Waals surface area contributed by atoms with Gasteiger partial charge in [-0.2, -0.15) is 0 Å². The number of aryl methyl sites for hydroxylation is 1. The zero-order valence-corrected chi connectivity index (χ0v) is 8.52. The molecule has 0 spiro atoms. The van der Waals surface area contributed by atoms with E-state index in [0.717, 1.165) is 11.4 Å². The molecule has 4 heteroatoms. The van der Waals surface area contributed by atoms with Crippen LogP contribution in [-0.4, -0.2) is 28.6 Å². The molecule has 4 nitrogen and oxygen atoms in total. The molecule has 2 rings (SSSR count). The Labute approximate surface area is 82.4 Å². The fraction of sp³-hybridized carbons (Fsp3) is 0.300. The highest BCUT2D eigenvalue weighted by Gasteiger charge is 2.09. The first-order valence-corrected chi connectivity index (χ1v) is 4.44. The zero-order chi connectivity index (χ0) is 10.3. The van der Waals surface area contributed by atoms with Gasteiger partial charge in [-0.15, -0.1) is 0 Å². The molecule has 0 aliphatic carbocycles. The summed E-state index contributed by atoms with van der Waals surface area (Å²) < 4.78 is 1.82. The van der Waals surface area contributed by atoms with Crippen molar-refractivity contribution in [1.82, 2.24) is 9.38 Å². The standard InChI is InChI=1S/C10H13N3O/c1-7-6-13-5-4-8(12(2)3)9(14)10(13)11-7/h4-6,14H,1-3H3. The lowest BCUT2D eigenvalue weighted by atomic mass is 10.3. The zero-order valence-electron chi connectivity index (χ0n) is 8.52. The van der Waals surface area contributed by atoms with Crippen LogP contribution in [0, 0.1) is 6.92 Å². The highest BCUT2D eigenvalue weighted by Crippen LogP contribution is 2.29. The number of aromatic nitrogens is 2. The first-order valence-electron chi connectivity index (χ1n) is 4.44. The summed E-state index contributed by atoms with van der Waals surface area (Å²) in [6.07, 6.45) is 3.78. The molecule has 0 aromatic carbocycles. The lowest BCUT2D eigenvalue weighted by Crippen LogP contribution is -2.09. The van der Waals surface area contributed by atoms with Crippen molar-refractivity contribution < 1.29 is 5.11 Å². The number of hydrogen-bond donors (Lipinski definition) is 1. The molecule has 14 heavy (non-hydrogen) atoms. The summed E-state index contributed by atoms with van der Waals surface area (Å²) in [5, 5.41) is 9.91. The van der Waals surface area contributed by atoms with Gasteiger partial charge >= 0.3 is 0 Å². The Morgan fingerprint density at radius 2 is 2.14 bits per heavy atom. The fourth-order valence-electron chi connectivity index (χ4n) is 1.51. The highest BCUT2D eigenvalue weighted by molar-refractivity contribution is 5.70. The monoisotopic (exact) mass is 191 g/mol. The van der Waals surface area contributed by atoms with Gasteiger partial charge in [0.25, 0.3) is 0 Å². The molecule has 0 fully saturated rings. The second-order valence-corrected chi connectivity index (χ2v) is 3.56. The topological polar surface area (TPSA) is 40.8 Å². The maximum Gasteiger partial charge on any atom is 0.182 e. The van der Waals surface area contributed by atoms with Crippen molar-refractivity contribution in [2.75, 3.05) is 19.0 Å². The average Bonchev–Trinajstić information content (AvgIpc) is 2.46. The Balaban J connectivity index is 2.74. The predicted octanol–water partition coefficient (Wildman–Crippen LogP) is 1.41. The highest BCUT2D eigenvalue weighted by atomic mass is 16.3. The number of anilines is 1. The number of rotatable bonds is 1. The van der Waals surface area contributed by atoms with Crippen LogP contribution >= 0.6 is 0 Å². The molecule has 2 heterocycles. The van der Waals surface area contributed by atoms with Crippen LogP contribution in [0.25, 0.3) is 5.65 Å². The summed E-state index contributed by atoms with van der Waals surface area (Å²) in [4.78, 5) is 6.10. The van der Waals surface area contributed by atoms with Crippen molar-refractivity contribution >= 4 is 11.3 Å². The van der Waals surface area contributed by atoms with E-state index < -0.39 is 0 Å². The van der Waals surface area contributed by atoms with Crippen LogP contribution in [0.5, 0.6) is 5.75 Å². The number of imidazole rings is 1. The normalized spacial score (nSPS) is 10.8. The summed E-state index contributed by atoms with van der Waals surface area (Å²) in [5.74, 6) is 0.227. The van der Waals surface area contributed by atoms with Crippen LogP contribution < -0.4 is 4.90 Å². The van der Waals surface area contributed by atoms with Gasteiger partial charge in [0.2, 0.25) is 0 Å². The van der Waals surface area contributed by atoms with E-state index in [1.165, 1.54) is 0 Å². The van der Waals surface area contributed by atoms with E-state index in [0.29, 0.717) is 5.65 Å². The minimum Gasteiger partial charge on any atom is -0.503 e. The number of pyridine rings is 1. The summed E-state index contributed by atoms with van der Waals surface area (Å²) in [7, 11) is 3.78. The lowest BCUT2D eigenvalue weighted by molar-refractivity contribution is 0.478. The van der Waals surface area contributed by atoms with Crippen molar-refractivity contribution in [3.8, 4) is 5.75 Å². The Bertz CT molecular complexity index is 473. The van der Waals surface area contributed by atoms with Gasteiger partial charge in [-0.05, 0) is 13.0 Å². The van der Waals surface area contributed by atoms with Gasteiger partial charge in [0, 0.05) is 26.5 Å². The van der Waals surface area contributed by atoms with Crippen LogP contribution in [0.1, 0.15) is 5.69 Å². The summed E-state index contributed by atoms with van der Waals surface area (Å²) in [6.45, 7) is 1.90. The van der Waals surface area contributed by atoms with Crippen molar-refractivity contribution in [2.24, 2.45) is 0 Å². The fourth-order valence-corrected chi connectivity index (χ4v) is 1.51. The molecule has 0 saturated heterocycles. The minimum absolute atomic E-state index is 0.227. The maximum atomic E-state index is 9.91. The van der Waals surface area contributed by atoms with Gasteiger partial charge in [0.15, 0.2) is 11.4 Å². The van der Waals surface area contributed by atoms with E-state index >= 15 is 0 Å². The quantitative estimate of drug-likeness (QED) is 0.741. The van der Waals surface area contributed by atoms with Crippen molar-refractivity contribution in [3.63, 3.8) is 0 Å². The molecule has 0 aliphatic heterocycles. The Morgan fingerprint density at radius 1 is 1.43 bits per heavy atom. The van der Waals surface area contributed by atoms with E-state index in [4.69, 9.17) is 0 Å². The van der Waals surface area contributed by atoms with E-state index in [1.807, 2.05) is 48.8 Å². The van der Waals surface area contributed by atoms with E-state index in [9.17, 15) is 5.11 Å². The number of hydrogen-bond acceptors (Lipinski definition) is 3. The third kappa shape index (κ3) is 1.19. The van der Waals surface area contributed by atoms with Crippen LogP contribution in [0.15, 0.2) is 18.5 Å². The van der Waals surface area contributed by atoms with Crippen LogP contribution in [-0.2, 0) is 0 Å². The first-order chi connectivity index (χ1) is 6.59.